The molecule has 1 aliphatic rings. The minimum absolute atomic E-state index is 0.569. The van der Waals surface area contributed by atoms with Crippen LogP contribution in [0.2, 0.25) is 0 Å². The predicted molar refractivity (Wildman–Crippen MR) is 217 cm³/mol. The number of allylic oxidation sites excluding steroid dienone is 2. The Balaban J connectivity index is 0.00000278. The third-order valence-electron chi connectivity index (χ3n) is 9.55. The minimum atomic E-state index is 0.569. The number of hydrogen-bond acceptors (Lipinski definition) is 0. The van der Waals surface area contributed by atoms with Crippen molar-refractivity contribution in [2.24, 2.45) is 0 Å². The van der Waals surface area contributed by atoms with Crippen molar-refractivity contribution < 1.29 is 17.4 Å². The number of unbranched alkanes of at least 4 members (excludes halogenated alkanes) is 13. The number of halogens is 2. The molecule has 0 aliphatic carbocycles. The van der Waals surface area contributed by atoms with Gasteiger partial charge in [0, 0.05) is 23.6 Å². The molecule has 5 heteroatoms. The average molecular weight is 765 g/mol. The third-order valence-corrected chi connectivity index (χ3v) is 9.55. The summed E-state index contributed by atoms with van der Waals surface area (Å²) in [6.07, 6.45) is 28.7. The summed E-state index contributed by atoms with van der Waals surface area (Å²) in [5.74, 6) is 7.08. The molecule has 2 nitrogen and oxygen atoms in total. The van der Waals surface area contributed by atoms with Gasteiger partial charge in [-0.15, -0.1) is 0 Å². The van der Waals surface area contributed by atoms with Crippen LogP contribution in [0.5, 0.6) is 0 Å². The Kier molecular flexibility index (Phi) is 24.6. The van der Waals surface area contributed by atoms with E-state index in [0.717, 1.165) is 66.6 Å². The van der Waals surface area contributed by atoms with Crippen LogP contribution in [0.3, 0.4) is 0 Å². The van der Waals surface area contributed by atoms with E-state index in [0.29, 0.717) is 12.7 Å². The van der Waals surface area contributed by atoms with Gasteiger partial charge in [-0.2, -0.15) is 0 Å². The standard InChI is InChI=1S/C45H66N2.2ClH.Ni/c1-6-11-16-17-18-19-20-21-22-23-24-29-41-36-44(42-32-37(25-12-7-2)30-38(33-42)26-13-8-3)47(46)45(41)43-34-39(27-14-9-4)31-40(35-43)28-15-10-5;;;/h30-36H,6-23,25-28H2,1-5H3;2*1H;/q;;;+2/p-2. The van der Waals surface area contributed by atoms with Gasteiger partial charge in [0.2, 0.25) is 11.4 Å². The molecule has 1 heterocycles. The summed E-state index contributed by atoms with van der Waals surface area (Å²) < 4.78 is 1.47. The van der Waals surface area contributed by atoms with Gasteiger partial charge in [-0.3, -0.25) is 0 Å². The van der Waals surface area contributed by atoms with E-state index in [1.807, 2.05) is 0 Å². The van der Waals surface area contributed by atoms with E-state index in [1.54, 1.807) is 0 Å². The first-order valence-corrected chi connectivity index (χ1v) is 22.7. The van der Waals surface area contributed by atoms with Gasteiger partial charge in [0.25, 0.3) is 0 Å². The third kappa shape index (κ3) is 16.7. The number of rotatable bonds is 23. The summed E-state index contributed by atoms with van der Waals surface area (Å²) >= 11 is 0.569. The molecule has 2 aromatic carbocycles. The van der Waals surface area contributed by atoms with E-state index in [2.05, 4.69) is 88.9 Å². The van der Waals surface area contributed by atoms with Gasteiger partial charge in [0.15, 0.2) is 0 Å². The van der Waals surface area contributed by atoms with Crippen molar-refractivity contribution in [1.82, 2.24) is 0 Å². The fourth-order valence-electron chi connectivity index (χ4n) is 6.67. The predicted octanol–water partition coefficient (Wildman–Crippen LogP) is 15.2. The molecule has 50 heavy (non-hydrogen) atoms. The summed E-state index contributed by atoms with van der Waals surface area (Å²) in [4.78, 5) is 0. The van der Waals surface area contributed by atoms with Gasteiger partial charge in [0.05, 0.1) is 0 Å². The van der Waals surface area contributed by atoms with Crippen molar-refractivity contribution in [3.05, 3.63) is 87.0 Å². The van der Waals surface area contributed by atoms with Gasteiger partial charge in [-0.05, 0) is 104 Å². The van der Waals surface area contributed by atoms with Crippen LogP contribution >= 0.6 is 20.4 Å². The molecular weight excluding hydrogens is 698 g/mol. The first kappa shape index (κ1) is 44.3. The monoisotopic (exact) mass is 762 g/mol. The fourth-order valence-corrected chi connectivity index (χ4v) is 6.67. The zero-order valence-electron chi connectivity index (χ0n) is 32.1. The normalized spacial score (nSPS) is 12.5. The molecule has 0 bridgehead atoms. The molecule has 0 fully saturated rings. The maximum atomic E-state index is 12.0. The van der Waals surface area contributed by atoms with E-state index in [-0.39, 0.29) is 0 Å². The first-order chi connectivity index (χ1) is 24.5. The van der Waals surface area contributed by atoms with Gasteiger partial charge in [-0.25, -0.2) is 4.70 Å². The summed E-state index contributed by atoms with van der Waals surface area (Å²) in [7, 11) is 9.40. The number of aryl methyl sites for hydroxylation is 4. The van der Waals surface area contributed by atoms with E-state index < -0.39 is 0 Å². The van der Waals surface area contributed by atoms with Gasteiger partial charge in [-0.1, -0.05) is 136 Å². The van der Waals surface area contributed by atoms with Crippen molar-refractivity contribution in [3.63, 3.8) is 0 Å². The van der Waals surface area contributed by atoms with Crippen molar-refractivity contribution in [2.45, 2.75) is 176 Å². The van der Waals surface area contributed by atoms with Crippen LogP contribution in [0.4, 0.5) is 0 Å². The Morgan fingerprint density at radius 2 is 0.920 bits per heavy atom. The summed E-state index contributed by atoms with van der Waals surface area (Å²) in [6.45, 7) is 11.3. The molecule has 0 aromatic heterocycles. The second kappa shape index (κ2) is 27.8. The Morgan fingerprint density at radius 3 is 1.34 bits per heavy atom. The van der Waals surface area contributed by atoms with E-state index in [1.165, 1.54) is 130 Å². The first-order valence-electron chi connectivity index (χ1n) is 20.0. The van der Waals surface area contributed by atoms with Crippen LogP contribution in [-0.4, -0.2) is 4.70 Å². The van der Waals surface area contributed by atoms with Crippen molar-refractivity contribution in [2.75, 3.05) is 0 Å². The van der Waals surface area contributed by atoms with Gasteiger partial charge >= 0.3 is 33.0 Å². The zero-order chi connectivity index (χ0) is 36.4. The molecule has 2 aromatic rings. The van der Waals surface area contributed by atoms with Crippen molar-refractivity contribution in [1.29, 1.82) is 0 Å². The molecule has 0 saturated heterocycles. The fraction of sp³-hybridized carbons (Fsp3) is 0.600. The molecular formula is C45H66Cl2N2Ni. The van der Waals surface area contributed by atoms with Gasteiger partial charge < -0.3 is 5.53 Å². The van der Waals surface area contributed by atoms with Crippen LogP contribution in [0.25, 0.3) is 16.9 Å². The maximum absolute atomic E-state index is 12.0. The molecule has 0 N–H and O–H groups in total. The topological polar surface area (TPSA) is 25.3 Å². The van der Waals surface area contributed by atoms with Crippen molar-refractivity contribution in [3.8, 4) is 11.8 Å². The molecule has 0 saturated carbocycles. The van der Waals surface area contributed by atoms with Crippen LogP contribution in [0.15, 0.2) is 48.0 Å². The second-order valence-corrected chi connectivity index (χ2v) is 15.7. The quantitative estimate of drug-likeness (QED) is 0.0466. The molecule has 0 amide bonds. The molecule has 280 valence electrons. The molecule has 1 aliphatic heterocycles. The summed E-state index contributed by atoms with van der Waals surface area (Å²) in [6, 6.07) is 14.0. The second-order valence-electron chi connectivity index (χ2n) is 14.0. The zero-order valence-corrected chi connectivity index (χ0v) is 34.6. The molecule has 0 unspecified atom stereocenters. The Labute approximate surface area is 322 Å². The Morgan fingerprint density at radius 1 is 0.540 bits per heavy atom. The van der Waals surface area contributed by atoms with Crippen LogP contribution in [0, 0.1) is 11.8 Å². The SMILES string of the molecule is CCCCCCCCCCCC#CC1=C(c2cc(CCCC)cc(CCCC)c2)[N+](=[N-])C(c2cc(CCCC)cc(CCCC)c2)=C1.[Cl][Ni][Cl]. The van der Waals surface area contributed by atoms with Crippen LogP contribution in [0.1, 0.15) is 184 Å². The molecule has 3 rings (SSSR count). The average Bonchev–Trinajstić information content (AvgIpc) is 3.45. The Hall–Kier alpha value is -1.85. The molecule has 0 spiro atoms. The van der Waals surface area contributed by atoms with Crippen LogP contribution < -0.4 is 0 Å². The number of benzene rings is 2. The molecule has 0 radical (unpaired) electrons. The summed E-state index contributed by atoms with van der Waals surface area (Å²) in [5, 5.41) is 0. The van der Waals surface area contributed by atoms with E-state index in [4.69, 9.17) is 20.4 Å². The van der Waals surface area contributed by atoms with E-state index >= 15 is 0 Å². The molecule has 0 atom stereocenters. The Bertz CT molecular complexity index is 1350. The van der Waals surface area contributed by atoms with Crippen molar-refractivity contribution >= 4 is 31.8 Å². The number of nitrogens with zero attached hydrogens (tertiary/aromatic N) is 2. The summed E-state index contributed by atoms with van der Waals surface area (Å²) in [5.41, 5.74) is 22.4. The number of hydrogen-bond donors (Lipinski definition) is 0. The van der Waals surface area contributed by atoms with Crippen LogP contribution in [-0.2, 0) is 38.3 Å². The van der Waals surface area contributed by atoms with E-state index in [9.17, 15) is 5.53 Å². The van der Waals surface area contributed by atoms with Gasteiger partial charge in [0.1, 0.15) is 5.57 Å².